The van der Waals surface area contributed by atoms with Crippen molar-refractivity contribution in [1.82, 2.24) is 4.90 Å². The quantitative estimate of drug-likeness (QED) is 0.804. The highest BCUT2D eigenvalue weighted by Gasteiger charge is 2.30. The molecule has 3 unspecified atom stereocenters. The van der Waals surface area contributed by atoms with Crippen molar-refractivity contribution in [1.29, 1.82) is 0 Å². The fourth-order valence-electron chi connectivity index (χ4n) is 2.91. The summed E-state index contributed by atoms with van der Waals surface area (Å²) >= 11 is 0. The Balaban J connectivity index is 2.67. The first-order valence-electron chi connectivity index (χ1n) is 6.92. The molecular weight excluding hydrogens is 214 g/mol. The Hall–Kier alpha value is -0.570. The second-order valence-corrected chi connectivity index (χ2v) is 5.86. The molecule has 1 saturated carbocycles. The van der Waals surface area contributed by atoms with Crippen LogP contribution in [0, 0.1) is 11.8 Å². The van der Waals surface area contributed by atoms with E-state index in [0.29, 0.717) is 24.5 Å². The van der Waals surface area contributed by atoms with Crippen LogP contribution in [0.4, 0.5) is 0 Å². The van der Waals surface area contributed by atoms with E-state index in [-0.39, 0.29) is 5.92 Å². The number of carboxylic acid groups (broad SMARTS) is 1. The van der Waals surface area contributed by atoms with E-state index in [0.717, 1.165) is 0 Å². The Morgan fingerprint density at radius 1 is 1.29 bits per heavy atom. The Labute approximate surface area is 105 Å². The summed E-state index contributed by atoms with van der Waals surface area (Å²) < 4.78 is 0. The SMILES string of the molecule is CC(CN(C(C)C)C1CCCCC1C)C(=O)O. The van der Waals surface area contributed by atoms with Crippen LogP contribution in [0.2, 0.25) is 0 Å². The first-order valence-corrected chi connectivity index (χ1v) is 6.92. The number of nitrogens with zero attached hydrogens (tertiary/aromatic N) is 1. The summed E-state index contributed by atoms with van der Waals surface area (Å²) in [6.07, 6.45) is 5.14. The number of rotatable bonds is 5. The van der Waals surface area contributed by atoms with E-state index >= 15 is 0 Å². The van der Waals surface area contributed by atoms with Gasteiger partial charge in [-0.3, -0.25) is 9.69 Å². The molecule has 0 bridgehead atoms. The largest absolute Gasteiger partial charge is 0.481 e. The summed E-state index contributed by atoms with van der Waals surface area (Å²) in [6, 6.07) is 1.01. The fourth-order valence-corrected chi connectivity index (χ4v) is 2.91. The highest BCUT2D eigenvalue weighted by atomic mass is 16.4. The highest BCUT2D eigenvalue weighted by Crippen LogP contribution is 2.29. The van der Waals surface area contributed by atoms with Gasteiger partial charge in [0.1, 0.15) is 0 Å². The lowest BCUT2D eigenvalue weighted by molar-refractivity contribution is -0.142. The van der Waals surface area contributed by atoms with Crippen molar-refractivity contribution in [3.63, 3.8) is 0 Å². The predicted octanol–water partition coefficient (Wildman–Crippen LogP) is 3.00. The molecule has 1 rings (SSSR count). The topological polar surface area (TPSA) is 40.5 Å². The van der Waals surface area contributed by atoms with Crippen LogP contribution in [-0.2, 0) is 4.79 Å². The molecule has 1 N–H and O–H groups in total. The molecule has 1 aliphatic rings. The van der Waals surface area contributed by atoms with Crippen LogP contribution < -0.4 is 0 Å². The first-order chi connectivity index (χ1) is 7.93. The maximum atomic E-state index is 11.0. The molecule has 0 radical (unpaired) electrons. The van der Waals surface area contributed by atoms with Gasteiger partial charge in [0.25, 0.3) is 0 Å². The molecule has 0 aromatic rings. The van der Waals surface area contributed by atoms with Crippen molar-refractivity contribution in [3.05, 3.63) is 0 Å². The van der Waals surface area contributed by atoms with Crippen LogP contribution >= 0.6 is 0 Å². The van der Waals surface area contributed by atoms with Crippen molar-refractivity contribution in [2.75, 3.05) is 6.54 Å². The van der Waals surface area contributed by atoms with E-state index in [2.05, 4.69) is 25.7 Å². The zero-order valence-corrected chi connectivity index (χ0v) is 11.6. The van der Waals surface area contributed by atoms with E-state index in [1.165, 1.54) is 25.7 Å². The second-order valence-electron chi connectivity index (χ2n) is 5.86. The van der Waals surface area contributed by atoms with E-state index in [4.69, 9.17) is 5.11 Å². The maximum Gasteiger partial charge on any atom is 0.307 e. The van der Waals surface area contributed by atoms with Crippen LogP contribution in [0.1, 0.15) is 53.4 Å². The third kappa shape index (κ3) is 3.98. The zero-order chi connectivity index (χ0) is 13.0. The summed E-state index contributed by atoms with van der Waals surface area (Å²) in [5, 5.41) is 9.05. The maximum absolute atomic E-state index is 11.0. The van der Waals surface area contributed by atoms with Gasteiger partial charge in [0.2, 0.25) is 0 Å². The van der Waals surface area contributed by atoms with Gasteiger partial charge in [-0.1, -0.05) is 26.7 Å². The van der Waals surface area contributed by atoms with Crippen molar-refractivity contribution in [3.8, 4) is 0 Å². The van der Waals surface area contributed by atoms with E-state index in [1.54, 1.807) is 0 Å². The third-order valence-electron chi connectivity index (χ3n) is 4.06. The van der Waals surface area contributed by atoms with Gasteiger partial charge in [-0.05, 0) is 32.6 Å². The second kappa shape index (κ2) is 6.39. The molecule has 3 atom stereocenters. The summed E-state index contributed by atoms with van der Waals surface area (Å²) in [5.41, 5.74) is 0. The van der Waals surface area contributed by atoms with Gasteiger partial charge in [0.15, 0.2) is 0 Å². The third-order valence-corrected chi connectivity index (χ3v) is 4.06. The smallest absolute Gasteiger partial charge is 0.307 e. The number of carboxylic acids is 1. The van der Waals surface area contributed by atoms with Gasteiger partial charge in [-0.2, -0.15) is 0 Å². The van der Waals surface area contributed by atoms with Crippen LogP contribution in [0.15, 0.2) is 0 Å². The minimum atomic E-state index is -0.681. The minimum absolute atomic E-state index is 0.272. The minimum Gasteiger partial charge on any atom is -0.481 e. The number of hydrogen-bond acceptors (Lipinski definition) is 2. The molecule has 3 heteroatoms. The molecular formula is C14H27NO2. The summed E-state index contributed by atoms with van der Waals surface area (Å²) in [5.74, 6) is -0.252. The van der Waals surface area contributed by atoms with E-state index in [1.807, 2.05) is 6.92 Å². The summed E-state index contributed by atoms with van der Waals surface area (Å²) in [7, 11) is 0. The Morgan fingerprint density at radius 3 is 2.35 bits per heavy atom. The van der Waals surface area contributed by atoms with Gasteiger partial charge in [0.05, 0.1) is 5.92 Å². The van der Waals surface area contributed by atoms with Crippen LogP contribution in [0.25, 0.3) is 0 Å². The van der Waals surface area contributed by atoms with Gasteiger partial charge in [-0.25, -0.2) is 0 Å². The Morgan fingerprint density at radius 2 is 1.88 bits per heavy atom. The molecule has 1 aliphatic carbocycles. The number of carbonyl (C=O) groups is 1. The molecule has 1 fully saturated rings. The average molecular weight is 241 g/mol. The lowest BCUT2D eigenvalue weighted by atomic mass is 9.84. The fraction of sp³-hybridized carbons (Fsp3) is 0.929. The predicted molar refractivity (Wildman–Crippen MR) is 70.1 cm³/mol. The molecule has 0 saturated heterocycles. The van der Waals surface area contributed by atoms with Crippen molar-refractivity contribution >= 4 is 5.97 Å². The van der Waals surface area contributed by atoms with Gasteiger partial charge in [-0.15, -0.1) is 0 Å². The number of aliphatic carboxylic acids is 1. The molecule has 0 aromatic carbocycles. The van der Waals surface area contributed by atoms with E-state index in [9.17, 15) is 4.79 Å². The highest BCUT2D eigenvalue weighted by molar-refractivity contribution is 5.69. The Kier molecular flexibility index (Phi) is 5.44. The lowest BCUT2D eigenvalue weighted by Gasteiger charge is -2.41. The molecule has 0 heterocycles. The molecule has 0 spiro atoms. The molecule has 100 valence electrons. The lowest BCUT2D eigenvalue weighted by Crippen LogP contribution is -2.48. The summed E-state index contributed by atoms with van der Waals surface area (Å²) in [4.78, 5) is 13.4. The van der Waals surface area contributed by atoms with Gasteiger partial charge < -0.3 is 5.11 Å². The molecule has 3 nitrogen and oxygen atoms in total. The number of hydrogen-bond donors (Lipinski definition) is 1. The zero-order valence-electron chi connectivity index (χ0n) is 11.6. The monoisotopic (exact) mass is 241 g/mol. The van der Waals surface area contributed by atoms with Crippen molar-refractivity contribution in [2.24, 2.45) is 11.8 Å². The molecule has 0 aromatic heterocycles. The van der Waals surface area contributed by atoms with E-state index < -0.39 is 5.97 Å². The van der Waals surface area contributed by atoms with Crippen LogP contribution in [0.5, 0.6) is 0 Å². The summed E-state index contributed by atoms with van der Waals surface area (Å²) in [6.45, 7) is 9.16. The normalized spacial score (nSPS) is 27.4. The van der Waals surface area contributed by atoms with Crippen LogP contribution in [-0.4, -0.2) is 34.6 Å². The average Bonchev–Trinajstić information content (AvgIpc) is 2.26. The first kappa shape index (κ1) is 14.5. The standard InChI is InChI=1S/C14H27NO2/c1-10(2)15(9-12(4)14(16)17)13-8-6-5-7-11(13)3/h10-13H,5-9H2,1-4H3,(H,16,17). The Bertz CT molecular complexity index is 253. The van der Waals surface area contributed by atoms with Gasteiger partial charge in [0, 0.05) is 18.6 Å². The van der Waals surface area contributed by atoms with Crippen molar-refractivity contribution in [2.45, 2.75) is 65.5 Å². The molecule has 0 amide bonds. The molecule has 0 aliphatic heterocycles. The van der Waals surface area contributed by atoms with Gasteiger partial charge >= 0.3 is 5.97 Å². The van der Waals surface area contributed by atoms with Crippen LogP contribution in [0.3, 0.4) is 0 Å². The molecule has 17 heavy (non-hydrogen) atoms. The van der Waals surface area contributed by atoms with Crippen molar-refractivity contribution < 1.29 is 9.90 Å².